The van der Waals surface area contributed by atoms with Gasteiger partial charge in [0.1, 0.15) is 11.5 Å². The number of phenolic OH excluding ortho intramolecular Hbond substituents is 2. The number of hydrogen-bond acceptors (Lipinski definition) is 4. The van der Waals surface area contributed by atoms with E-state index in [0.29, 0.717) is 12.5 Å². The van der Waals surface area contributed by atoms with Crippen molar-refractivity contribution < 1.29 is 15.0 Å². The molecule has 98 valence electrons. The van der Waals surface area contributed by atoms with Gasteiger partial charge in [-0.2, -0.15) is 0 Å². The quantitative estimate of drug-likeness (QED) is 0.741. The fraction of sp³-hybridized carbons (Fsp3) is 0.462. The number of nitrogens with one attached hydrogen (secondary N) is 1. The van der Waals surface area contributed by atoms with E-state index in [2.05, 4.69) is 17.3 Å². The third-order valence-corrected chi connectivity index (χ3v) is 3.20. The Kier molecular flexibility index (Phi) is 3.72. The minimum absolute atomic E-state index is 0.110. The second kappa shape index (κ2) is 5.27. The Morgan fingerprint density at radius 3 is 2.61 bits per heavy atom. The topological polar surface area (TPSA) is 72.8 Å². The van der Waals surface area contributed by atoms with Crippen LogP contribution in [-0.4, -0.2) is 47.7 Å². The minimum atomic E-state index is -0.268. The largest absolute Gasteiger partial charge is 0.508 e. The Morgan fingerprint density at radius 2 is 2.06 bits per heavy atom. The van der Waals surface area contributed by atoms with Gasteiger partial charge in [0, 0.05) is 24.7 Å². The first-order valence-corrected chi connectivity index (χ1v) is 6.04. The van der Waals surface area contributed by atoms with Gasteiger partial charge in [0.25, 0.3) is 5.91 Å². The molecule has 5 heteroatoms. The summed E-state index contributed by atoms with van der Waals surface area (Å²) in [5.41, 5.74) is 0.277. The van der Waals surface area contributed by atoms with E-state index in [0.717, 1.165) is 19.5 Å². The molecule has 1 aliphatic rings. The summed E-state index contributed by atoms with van der Waals surface area (Å²) in [5.74, 6) is -0.0119. The third-order valence-electron chi connectivity index (χ3n) is 3.20. The third kappa shape index (κ3) is 3.13. The van der Waals surface area contributed by atoms with Gasteiger partial charge in [-0.1, -0.05) is 0 Å². The molecule has 1 atom stereocenters. The monoisotopic (exact) mass is 250 g/mol. The highest BCUT2D eigenvalue weighted by Crippen LogP contribution is 2.20. The molecule has 1 saturated heterocycles. The van der Waals surface area contributed by atoms with Crippen LogP contribution in [0.25, 0.3) is 0 Å². The van der Waals surface area contributed by atoms with Crippen molar-refractivity contribution in [2.45, 2.75) is 6.42 Å². The van der Waals surface area contributed by atoms with Gasteiger partial charge in [0.05, 0.1) is 0 Å². The molecule has 1 fully saturated rings. The zero-order valence-corrected chi connectivity index (χ0v) is 10.4. The SMILES string of the molecule is CN1CCC(CNC(=O)c2cc(O)cc(O)c2)C1. The van der Waals surface area contributed by atoms with Crippen molar-refractivity contribution in [3.05, 3.63) is 23.8 Å². The Hall–Kier alpha value is -1.75. The maximum absolute atomic E-state index is 11.8. The number of benzene rings is 1. The predicted molar refractivity (Wildman–Crippen MR) is 67.7 cm³/mol. The average molecular weight is 250 g/mol. The van der Waals surface area contributed by atoms with Gasteiger partial charge < -0.3 is 20.4 Å². The highest BCUT2D eigenvalue weighted by molar-refractivity contribution is 5.95. The van der Waals surface area contributed by atoms with E-state index in [-0.39, 0.29) is 23.0 Å². The first-order valence-electron chi connectivity index (χ1n) is 6.04. The molecule has 0 aliphatic carbocycles. The molecule has 0 radical (unpaired) electrons. The van der Waals surface area contributed by atoms with Gasteiger partial charge in [0.2, 0.25) is 0 Å². The first kappa shape index (κ1) is 12.7. The van der Waals surface area contributed by atoms with Gasteiger partial charge in [-0.25, -0.2) is 0 Å². The number of nitrogens with zero attached hydrogens (tertiary/aromatic N) is 1. The van der Waals surface area contributed by atoms with Gasteiger partial charge in [-0.15, -0.1) is 0 Å². The van der Waals surface area contributed by atoms with Crippen LogP contribution in [0.3, 0.4) is 0 Å². The summed E-state index contributed by atoms with van der Waals surface area (Å²) in [6.07, 6.45) is 1.09. The van der Waals surface area contributed by atoms with Crippen molar-refractivity contribution in [3.63, 3.8) is 0 Å². The van der Waals surface area contributed by atoms with Crippen LogP contribution in [0.1, 0.15) is 16.8 Å². The van der Waals surface area contributed by atoms with Crippen LogP contribution in [0.15, 0.2) is 18.2 Å². The van der Waals surface area contributed by atoms with E-state index >= 15 is 0 Å². The summed E-state index contributed by atoms with van der Waals surface area (Å²) in [5, 5.41) is 21.4. The van der Waals surface area contributed by atoms with Gasteiger partial charge in [-0.3, -0.25) is 4.79 Å². The van der Waals surface area contributed by atoms with Gasteiger partial charge in [-0.05, 0) is 38.1 Å². The van der Waals surface area contributed by atoms with Gasteiger partial charge in [0.15, 0.2) is 0 Å². The van der Waals surface area contributed by atoms with E-state index in [9.17, 15) is 15.0 Å². The molecule has 1 aliphatic heterocycles. The Balaban J connectivity index is 1.91. The molecule has 1 amide bonds. The highest BCUT2D eigenvalue weighted by atomic mass is 16.3. The molecule has 0 bridgehead atoms. The van der Waals surface area contributed by atoms with Crippen LogP contribution in [0.5, 0.6) is 11.5 Å². The number of rotatable bonds is 3. The standard InChI is InChI=1S/C13H18N2O3/c1-15-3-2-9(8-15)7-14-13(18)10-4-11(16)6-12(17)5-10/h4-6,9,16-17H,2-3,7-8H2,1H3,(H,14,18). The number of carbonyl (C=O) groups excluding carboxylic acids is 1. The second-order valence-electron chi connectivity index (χ2n) is 4.87. The summed E-state index contributed by atoms with van der Waals surface area (Å²) in [6, 6.07) is 3.88. The molecule has 18 heavy (non-hydrogen) atoms. The van der Waals surface area contributed by atoms with Crippen LogP contribution >= 0.6 is 0 Å². The predicted octanol–water partition coefficient (Wildman–Crippen LogP) is 0.779. The molecular weight excluding hydrogens is 232 g/mol. The van der Waals surface area contributed by atoms with Crippen molar-refractivity contribution in [2.24, 2.45) is 5.92 Å². The second-order valence-corrected chi connectivity index (χ2v) is 4.87. The smallest absolute Gasteiger partial charge is 0.251 e. The molecule has 3 N–H and O–H groups in total. The molecule has 2 rings (SSSR count). The van der Waals surface area contributed by atoms with Crippen molar-refractivity contribution in [3.8, 4) is 11.5 Å². The van der Waals surface area contributed by atoms with E-state index in [1.165, 1.54) is 18.2 Å². The van der Waals surface area contributed by atoms with E-state index in [1.807, 2.05) is 0 Å². The number of hydrogen-bond donors (Lipinski definition) is 3. The van der Waals surface area contributed by atoms with Crippen molar-refractivity contribution in [1.29, 1.82) is 0 Å². The van der Waals surface area contributed by atoms with Crippen LogP contribution in [0.2, 0.25) is 0 Å². The van der Waals surface area contributed by atoms with Crippen molar-refractivity contribution >= 4 is 5.91 Å². The molecule has 0 saturated carbocycles. The fourth-order valence-electron chi connectivity index (χ4n) is 2.26. The lowest BCUT2D eigenvalue weighted by Gasteiger charge is -2.12. The molecule has 0 spiro atoms. The van der Waals surface area contributed by atoms with E-state index in [4.69, 9.17) is 0 Å². The molecule has 0 aromatic heterocycles. The number of likely N-dealkylation sites (tertiary alicyclic amines) is 1. The van der Waals surface area contributed by atoms with Crippen LogP contribution in [-0.2, 0) is 0 Å². The summed E-state index contributed by atoms with van der Waals surface area (Å²) >= 11 is 0. The fourth-order valence-corrected chi connectivity index (χ4v) is 2.26. The summed E-state index contributed by atoms with van der Waals surface area (Å²) in [7, 11) is 2.06. The number of amides is 1. The normalized spacial score (nSPS) is 19.9. The lowest BCUT2D eigenvalue weighted by atomic mass is 10.1. The maximum atomic E-state index is 11.8. The molecule has 5 nitrogen and oxygen atoms in total. The molecular formula is C13H18N2O3. The summed E-state index contributed by atoms with van der Waals surface area (Å²) < 4.78 is 0. The Labute approximate surface area is 106 Å². The van der Waals surface area contributed by atoms with E-state index < -0.39 is 0 Å². The average Bonchev–Trinajstić information content (AvgIpc) is 2.70. The number of aromatic hydroxyl groups is 2. The molecule has 1 unspecified atom stereocenters. The lowest BCUT2D eigenvalue weighted by Crippen LogP contribution is -2.30. The summed E-state index contributed by atoms with van der Waals surface area (Å²) in [6.45, 7) is 2.68. The molecule has 1 heterocycles. The minimum Gasteiger partial charge on any atom is -0.508 e. The van der Waals surface area contributed by atoms with E-state index in [1.54, 1.807) is 0 Å². The van der Waals surface area contributed by atoms with Crippen LogP contribution < -0.4 is 5.32 Å². The van der Waals surface area contributed by atoms with Crippen LogP contribution in [0, 0.1) is 5.92 Å². The lowest BCUT2D eigenvalue weighted by molar-refractivity contribution is 0.0946. The Morgan fingerprint density at radius 1 is 1.39 bits per heavy atom. The van der Waals surface area contributed by atoms with Crippen LogP contribution in [0.4, 0.5) is 0 Å². The highest BCUT2D eigenvalue weighted by Gasteiger charge is 2.20. The van der Waals surface area contributed by atoms with Crippen molar-refractivity contribution in [2.75, 3.05) is 26.7 Å². The summed E-state index contributed by atoms with van der Waals surface area (Å²) in [4.78, 5) is 14.1. The molecule has 1 aromatic carbocycles. The zero-order chi connectivity index (χ0) is 13.1. The van der Waals surface area contributed by atoms with Gasteiger partial charge >= 0.3 is 0 Å². The first-order chi connectivity index (χ1) is 8.54. The number of carbonyl (C=O) groups is 1. The Bertz CT molecular complexity index is 428. The molecule has 1 aromatic rings. The number of phenols is 2. The zero-order valence-electron chi connectivity index (χ0n) is 10.4. The van der Waals surface area contributed by atoms with Crippen molar-refractivity contribution in [1.82, 2.24) is 10.2 Å². The maximum Gasteiger partial charge on any atom is 0.251 e.